The van der Waals surface area contributed by atoms with E-state index in [9.17, 15) is 4.79 Å². The van der Waals surface area contributed by atoms with Gasteiger partial charge in [-0.15, -0.1) is 0 Å². The van der Waals surface area contributed by atoms with Crippen molar-refractivity contribution in [3.05, 3.63) is 35.9 Å². The van der Waals surface area contributed by atoms with Crippen LogP contribution in [0.15, 0.2) is 30.3 Å². The van der Waals surface area contributed by atoms with Gasteiger partial charge in [-0.3, -0.25) is 0 Å². The molecule has 1 aromatic rings. The van der Waals surface area contributed by atoms with Crippen molar-refractivity contribution >= 4 is 6.09 Å². The number of benzene rings is 1. The molecule has 0 bridgehead atoms. The third kappa shape index (κ3) is 14.7. The van der Waals surface area contributed by atoms with Crippen LogP contribution in [0.3, 0.4) is 0 Å². The quantitative estimate of drug-likeness (QED) is 0.657. The summed E-state index contributed by atoms with van der Waals surface area (Å²) in [5.41, 5.74) is 0.757. The number of carbonyl (C=O) groups is 1. The Labute approximate surface area is 158 Å². The van der Waals surface area contributed by atoms with Crippen LogP contribution >= 0.6 is 0 Å². The van der Waals surface area contributed by atoms with Crippen LogP contribution < -0.4 is 10.6 Å². The number of rotatable bonds is 8. The molecular formula is C20H36N2O4. The van der Waals surface area contributed by atoms with Crippen LogP contribution in [0.4, 0.5) is 4.79 Å². The average molecular weight is 369 g/mol. The molecule has 1 aromatic carbocycles. The Kier molecular flexibility index (Phi) is 12.7. The Hall–Kier alpha value is -1.63. The van der Waals surface area contributed by atoms with E-state index in [1.807, 2.05) is 65.0 Å². The van der Waals surface area contributed by atoms with Crippen molar-refractivity contribution in [2.24, 2.45) is 0 Å². The molecule has 6 nitrogen and oxygen atoms in total. The van der Waals surface area contributed by atoms with Crippen molar-refractivity contribution in [3.8, 4) is 0 Å². The van der Waals surface area contributed by atoms with E-state index in [2.05, 4.69) is 10.6 Å². The lowest BCUT2D eigenvalue weighted by molar-refractivity contribution is 0.0508. The summed E-state index contributed by atoms with van der Waals surface area (Å²) in [6.45, 7) is 11.1. The van der Waals surface area contributed by atoms with Gasteiger partial charge in [0.15, 0.2) is 0 Å². The fraction of sp³-hybridized carbons (Fsp3) is 0.650. The van der Waals surface area contributed by atoms with E-state index in [4.69, 9.17) is 14.6 Å². The minimum Gasteiger partial charge on any atom is -0.444 e. The van der Waals surface area contributed by atoms with Crippen molar-refractivity contribution in [1.29, 1.82) is 0 Å². The number of hydrogen-bond donors (Lipinski definition) is 3. The van der Waals surface area contributed by atoms with E-state index in [1.165, 1.54) is 5.56 Å². The maximum Gasteiger partial charge on any atom is 0.407 e. The molecule has 0 aliphatic heterocycles. The molecule has 26 heavy (non-hydrogen) atoms. The van der Waals surface area contributed by atoms with Gasteiger partial charge in [-0.1, -0.05) is 30.3 Å². The van der Waals surface area contributed by atoms with Crippen molar-refractivity contribution < 1.29 is 19.4 Å². The van der Waals surface area contributed by atoms with Gasteiger partial charge in [0, 0.05) is 25.7 Å². The van der Waals surface area contributed by atoms with Crippen LogP contribution in [0.1, 0.15) is 40.2 Å². The minimum atomic E-state index is -0.448. The standard InChI is InChI=1S/C14H21NO2.C6H15NO2/c1-11(10-12-8-6-5-7-9-12)15-13(16)17-14(2,3)4;1-6(5-9-2)7-3-4-8/h5-9,11H,10H2,1-4H3,(H,15,16);6-8H,3-5H2,1-2H3. The third-order valence-electron chi connectivity index (χ3n) is 3.17. The van der Waals surface area contributed by atoms with Crippen LogP contribution in [0, 0.1) is 0 Å². The predicted molar refractivity (Wildman–Crippen MR) is 105 cm³/mol. The molecule has 0 aromatic heterocycles. The molecule has 2 atom stereocenters. The number of amides is 1. The van der Waals surface area contributed by atoms with Gasteiger partial charge >= 0.3 is 6.09 Å². The topological polar surface area (TPSA) is 79.8 Å². The Bertz CT molecular complexity index is 474. The maximum absolute atomic E-state index is 11.5. The van der Waals surface area contributed by atoms with Gasteiger partial charge in [-0.2, -0.15) is 0 Å². The van der Waals surface area contributed by atoms with E-state index in [0.717, 1.165) is 6.42 Å². The number of ether oxygens (including phenoxy) is 2. The average Bonchev–Trinajstić information content (AvgIpc) is 2.52. The van der Waals surface area contributed by atoms with Crippen molar-refractivity contribution in [2.45, 2.75) is 58.7 Å². The Morgan fingerprint density at radius 1 is 1.15 bits per heavy atom. The zero-order chi connectivity index (χ0) is 20.0. The van der Waals surface area contributed by atoms with Gasteiger partial charge in [0.25, 0.3) is 0 Å². The molecule has 6 heteroatoms. The molecule has 0 spiro atoms. The second kappa shape index (κ2) is 13.6. The third-order valence-corrected chi connectivity index (χ3v) is 3.17. The monoisotopic (exact) mass is 368 g/mol. The minimum absolute atomic E-state index is 0.0623. The second-order valence-corrected chi connectivity index (χ2v) is 7.27. The highest BCUT2D eigenvalue weighted by Gasteiger charge is 2.17. The first-order chi connectivity index (χ1) is 12.2. The number of nitrogens with one attached hydrogen (secondary N) is 2. The molecule has 0 radical (unpaired) electrons. The van der Waals surface area contributed by atoms with Gasteiger partial charge in [0.2, 0.25) is 0 Å². The second-order valence-electron chi connectivity index (χ2n) is 7.27. The first-order valence-electron chi connectivity index (χ1n) is 9.04. The van der Waals surface area contributed by atoms with Crippen LogP contribution in [0.2, 0.25) is 0 Å². The molecule has 3 N–H and O–H groups in total. The molecule has 1 amide bonds. The van der Waals surface area contributed by atoms with Crippen LogP contribution in [0.5, 0.6) is 0 Å². The summed E-state index contributed by atoms with van der Waals surface area (Å²) in [6.07, 6.45) is 0.445. The first-order valence-corrected chi connectivity index (χ1v) is 9.04. The zero-order valence-electron chi connectivity index (χ0n) is 17.0. The fourth-order valence-corrected chi connectivity index (χ4v) is 2.15. The Morgan fingerprint density at radius 3 is 2.27 bits per heavy atom. The molecule has 0 saturated carbocycles. The van der Waals surface area contributed by atoms with Gasteiger partial charge < -0.3 is 25.2 Å². The van der Waals surface area contributed by atoms with E-state index in [-0.39, 0.29) is 18.7 Å². The Balaban J connectivity index is 0.000000590. The highest BCUT2D eigenvalue weighted by Crippen LogP contribution is 2.08. The lowest BCUT2D eigenvalue weighted by Crippen LogP contribution is -2.38. The predicted octanol–water partition coefficient (Wildman–Crippen LogP) is 2.75. The summed E-state index contributed by atoms with van der Waals surface area (Å²) in [4.78, 5) is 11.5. The molecule has 1 rings (SSSR count). The van der Waals surface area contributed by atoms with Crippen molar-refractivity contribution in [1.82, 2.24) is 10.6 Å². The first kappa shape index (κ1) is 24.4. The fourth-order valence-electron chi connectivity index (χ4n) is 2.15. The smallest absolute Gasteiger partial charge is 0.407 e. The number of aliphatic hydroxyl groups is 1. The molecule has 0 saturated heterocycles. The lowest BCUT2D eigenvalue weighted by atomic mass is 10.1. The number of aliphatic hydroxyl groups excluding tert-OH is 1. The molecule has 0 aliphatic carbocycles. The van der Waals surface area contributed by atoms with Gasteiger partial charge in [-0.05, 0) is 46.6 Å². The summed E-state index contributed by atoms with van der Waals surface area (Å²) in [5.74, 6) is 0. The molecule has 2 unspecified atom stereocenters. The van der Waals surface area contributed by atoms with E-state index < -0.39 is 5.60 Å². The van der Waals surface area contributed by atoms with Crippen molar-refractivity contribution in [2.75, 3.05) is 26.9 Å². The van der Waals surface area contributed by atoms with E-state index in [0.29, 0.717) is 19.2 Å². The number of hydrogen-bond acceptors (Lipinski definition) is 5. The summed E-state index contributed by atoms with van der Waals surface area (Å²) in [7, 11) is 1.66. The van der Waals surface area contributed by atoms with Crippen LogP contribution in [0.25, 0.3) is 0 Å². The summed E-state index contributed by atoms with van der Waals surface area (Å²) < 4.78 is 10.1. The lowest BCUT2D eigenvalue weighted by Gasteiger charge is -2.22. The van der Waals surface area contributed by atoms with Crippen molar-refractivity contribution in [3.63, 3.8) is 0 Å². The highest BCUT2D eigenvalue weighted by atomic mass is 16.6. The van der Waals surface area contributed by atoms with E-state index >= 15 is 0 Å². The largest absolute Gasteiger partial charge is 0.444 e. The zero-order valence-corrected chi connectivity index (χ0v) is 17.0. The summed E-state index contributed by atoms with van der Waals surface area (Å²) in [6, 6.07) is 10.5. The van der Waals surface area contributed by atoms with Gasteiger partial charge in [0.1, 0.15) is 5.60 Å². The van der Waals surface area contributed by atoms with Gasteiger partial charge in [0.05, 0.1) is 13.2 Å². The number of alkyl carbamates (subject to hydrolysis) is 1. The normalized spacial score (nSPS) is 13.2. The molecule has 0 fully saturated rings. The molecule has 0 heterocycles. The van der Waals surface area contributed by atoms with Crippen LogP contribution in [-0.4, -0.2) is 55.8 Å². The Morgan fingerprint density at radius 2 is 1.77 bits per heavy atom. The van der Waals surface area contributed by atoms with Gasteiger partial charge in [-0.25, -0.2) is 4.79 Å². The molecule has 150 valence electrons. The molecular weight excluding hydrogens is 332 g/mol. The summed E-state index contributed by atoms with van der Waals surface area (Å²) in [5, 5.41) is 14.3. The SMILES string of the molecule is CC(Cc1ccccc1)NC(=O)OC(C)(C)C.COCC(C)NCCO. The maximum atomic E-state index is 11.5. The highest BCUT2D eigenvalue weighted by molar-refractivity contribution is 5.68. The number of carbonyl (C=O) groups excluding carboxylic acids is 1. The molecule has 0 aliphatic rings. The summed E-state index contributed by atoms with van der Waals surface area (Å²) >= 11 is 0. The number of methoxy groups -OCH3 is 1. The van der Waals surface area contributed by atoms with Crippen LogP contribution in [-0.2, 0) is 15.9 Å². The van der Waals surface area contributed by atoms with E-state index in [1.54, 1.807) is 7.11 Å².